The average Bonchev–Trinajstić information content (AvgIpc) is 4.15. The second-order valence-corrected chi connectivity index (χ2v) is 22.0. The molecule has 0 atom stereocenters. The molecule has 3 heteroatoms. The highest BCUT2D eigenvalue weighted by Gasteiger charge is 2.46. The predicted octanol–water partition coefficient (Wildman–Crippen LogP) is 19.7. The van der Waals surface area contributed by atoms with E-state index in [4.69, 9.17) is 0 Å². The van der Waals surface area contributed by atoms with Crippen molar-refractivity contribution in [3.63, 3.8) is 0 Å². The van der Waals surface area contributed by atoms with E-state index in [0.29, 0.717) is 0 Å². The zero-order valence-corrected chi connectivity index (χ0v) is 44.0. The van der Waals surface area contributed by atoms with E-state index >= 15 is 0 Å². The van der Waals surface area contributed by atoms with Crippen molar-refractivity contribution in [1.29, 1.82) is 0 Å². The number of rotatable bonds is 8. The lowest BCUT2D eigenvalue weighted by molar-refractivity contribution is 0.660. The van der Waals surface area contributed by atoms with Crippen LogP contribution < -0.4 is 4.90 Å². The maximum absolute atomic E-state index is 2.51. The first-order valence-corrected chi connectivity index (χ1v) is 27.6. The Labute approximate surface area is 460 Å². The number of nitrogens with zero attached hydrogens (tertiary/aromatic N) is 3. The molecule has 0 fully saturated rings. The van der Waals surface area contributed by atoms with E-state index in [9.17, 15) is 0 Å². The number of hydrogen-bond donors (Lipinski definition) is 0. The number of hydrogen-bond acceptors (Lipinski definition) is 1. The van der Waals surface area contributed by atoms with E-state index in [-0.39, 0.29) is 5.41 Å². The van der Waals surface area contributed by atoms with Gasteiger partial charge in [-0.15, -0.1) is 0 Å². The fourth-order valence-electron chi connectivity index (χ4n) is 14.1. The molecule has 14 aromatic rings. The van der Waals surface area contributed by atoms with Gasteiger partial charge in [-0.2, -0.15) is 0 Å². The molecule has 2 aliphatic rings. The summed E-state index contributed by atoms with van der Waals surface area (Å²) in [5.41, 5.74) is 25.1. The Hall–Kier alpha value is -9.96. The zero-order valence-electron chi connectivity index (χ0n) is 44.0. The molecule has 16 rings (SSSR count). The zero-order chi connectivity index (χ0) is 52.4. The van der Waals surface area contributed by atoms with Crippen LogP contribution in [0.25, 0.3) is 88.4 Å². The van der Waals surface area contributed by atoms with Gasteiger partial charge in [0, 0.05) is 55.3 Å². The standard InChI is InChI=1S/C76H53N3/c1-75(2)65-33-18-16-32-60(65)74-67(75)35-21-37-72(74)77(57-43-45-71-63(47-57)59-31-17-20-36-69(59)78(71)54-26-11-5-12-27-54)56-41-38-50(39-42-56)51-40-44-70-62(46-51)64-48-61-58-30-15-19-34-66(58)76(52-22-7-3-8-23-52,53-24-9-4-10-25-53)68(61)49-73(64)79(70)55-28-13-6-14-29-55/h3-49H,1-2H3. The van der Waals surface area contributed by atoms with Crippen molar-refractivity contribution in [3.8, 4) is 44.8 Å². The van der Waals surface area contributed by atoms with Gasteiger partial charge < -0.3 is 14.0 Å². The van der Waals surface area contributed by atoms with Crippen LogP contribution in [0.1, 0.15) is 47.2 Å². The maximum atomic E-state index is 2.51. The van der Waals surface area contributed by atoms with Crippen LogP contribution in [0.5, 0.6) is 0 Å². The Morgan fingerprint density at radius 2 is 0.810 bits per heavy atom. The molecular weight excluding hydrogens is 955 g/mol. The first-order chi connectivity index (χ1) is 39.0. The number of benzene rings is 12. The minimum atomic E-state index is -0.506. The van der Waals surface area contributed by atoms with Crippen LogP contribution in [0.15, 0.2) is 285 Å². The van der Waals surface area contributed by atoms with Crippen molar-refractivity contribution >= 4 is 60.7 Å². The monoisotopic (exact) mass is 1010 g/mol. The molecule has 0 N–H and O–H groups in total. The van der Waals surface area contributed by atoms with E-state index in [1.54, 1.807) is 0 Å². The molecule has 0 spiro atoms. The minimum Gasteiger partial charge on any atom is -0.310 e. The van der Waals surface area contributed by atoms with Gasteiger partial charge in [0.25, 0.3) is 0 Å². The summed E-state index contributed by atoms with van der Waals surface area (Å²) in [7, 11) is 0. The van der Waals surface area contributed by atoms with Crippen LogP contribution in [-0.2, 0) is 10.8 Å². The van der Waals surface area contributed by atoms with Gasteiger partial charge in [0.15, 0.2) is 0 Å². The minimum absolute atomic E-state index is 0.150. The lowest BCUT2D eigenvalue weighted by Gasteiger charge is -2.34. The van der Waals surface area contributed by atoms with E-state index < -0.39 is 5.41 Å². The molecular formula is C76H53N3. The molecule has 2 heterocycles. The number of fused-ring (bicyclic) bond motifs is 12. The van der Waals surface area contributed by atoms with Crippen molar-refractivity contribution in [2.24, 2.45) is 0 Å². The SMILES string of the molecule is CC1(C)c2ccccc2-c2c(N(c3ccc(-c4ccc5c(c4)c4cc6c(cc4n5-c4ccccc4)C(c4ccccc4)(c4ccccc4)c4ccccc4-6)cc3)c3ccc4c(c3)c3ccccc3n4-c3ccccc3)cccc21. The van der Waals surface area contributed by atoms with E-state index in [1.165, 1.54) is 110 Å². The van der Waals surface area contributed by atoms with Crippen LogP contribution in [0.4, 0.5) is 17.1 Å². The van der Waals surface area contributed by atoms with Gasteiger partial charge in [-0.25, -0.2) is 0 Å². The quantitative estimate of drug-likeness (QED) is 0.148. The van der Waals surface area contributed by atoms with E-state index in [1.807, 2.05) is 0 Å². The van der Waals surface area contributed by atoms with Crippen LogP contribution in [0.2, 0.25) is 0 Å². The molecule has 12 aromatic carbocycles. The van der Waals surface area contributed by atoms with Crippen LogP contribution in [-0.4, -0.2) is 9.13 Å². The van der Waals surface area contributed by atoms with Gasteiger partial charge in [-0.05, 0) is 152 Å². The Morgan fingerprint density at radius 3 is 1.51 bits per heavy atom. The first kappa shape index (κ1) is 45.3. The highest BCUT2D eigenvalue weighted by atomic mass is 15.1. The summed E-state index contributed by atoms with van der Waals surface area (Å²) >= 11 is 0. The van der Waals surface area contributed by atoms with Crippen LogP contribution in [0.3, 0.4) is 0 Å². The third-order valence-corrected chi connectivity index (χ3v) is 17.6. The summed E-state index contributed by atoms with van der Waals surface area (Å²) in [6.45, 7) is 4.74. The van der Waals surface area contributed by atoms with Gasteiger partial charge >= 0.3 is 0 Å². The van der Waals surface area contributed by atoms with Gasteiger partial charge in [0.1, 0.15) is 0 Å². The molecule has 0 unspecified atom stereocenters. The molecule has 0 aliphatic heterocycles. The topological polar surface area (TPSA) is 13.1 Å². The highest BCUT2D eigenvalue weighted by Crippen LogP contribution is 2.58. The average molecular weight is 1010 g/mol. The highest BCUT2D eigenvalue weighted by molar-refractivity contribution is 6.14. The molecule has 0 bridgehead atoms. The summed E-state index contributed by atoms with van der Waals surface area (Å²) in [4.78, 5) is 2.49. The normalized spacial score (nSPS) is 13.6. The van der Waals surface area contributed by atoms with Crippen molar-refractivity contribution in [2.45, 2.75) is 24.7 Å². The van der Waals surface area contributed by atoms with Crippen molar-refractivity contribution in [1.82, 2.24) is 9.13 Å². The number of aromatic nitrogens is 2. The van der Waals surface area contributed by atoms with Gasteiger partial charge in [-0.3, -0.25) is 0 Å². The molecule has 0 amide bonds. The van der Waals surface area contributed by atoms with Gasteiger partial charge in [-0.1, -0.05) is 208 Å². The van der Waals surface area contributed by atoms with Crippen molar-refractivity contribution in [2.75, 3.05) is 4.90 Å². The smallest absolute Gasteiger partial charge is 0.0714 e. The molecule has 3 nitrogen and oxygen atoms in total. The van der Waals surface area contributed by atoms with Gasteiger partial charge in [0.05, 0.1) is 33.2 Å². The number of para-hydroxylation sites is 3. The predicted molar refractivity (Wildman–Crippen MR) is 330 cm³/mol. The largest absolute Gasteiger partial charge is 0.310 e. The summed E-state index contributed by atoms with van der Waals surface area (Å²) in [6, 6.07) is 106. The van der Waals surface area contributed by atoms with Gasteiger partial charge in [0.2, 0.25) is 0 Å². The maximum Gasteiger partial charge on any atom is 0.0714 e. The fraction of sp³-hybridized carbons (Fsp3) is 0.0526. The third-order valence-electron chi connectivity index (χ3n) is 17.6. The second kappa shape index (κ2) is 17.3. The summed E-state index contributed by atoms with van der Waals surface area (Å²) in [5, 5.41) is 4.91. The van der Waals surface area contributed by atoms with Crippen LogP contribution in [0, 0.1) is 0 Å². The Balaban J connectivity index is 0.885. The van der Waals surface area contributed by atoms with Crippen molar-refractivity contribution in [3.05, 3.63) is 318 Å². The third kappa shape index (κ3) is 6.54. The Kier molecular flexibility index (Phi) is 9.90. The lowest BCUT2D eigenvalue weighted by atomic mass is 9.67. The first-order valence-electron chi connectivity index (χ1n) is 27.6. The molecule has 0 saturated heterocycles. The Bertz CT molecular complexity index is 4680. The lowest BCUT2D eigenvalue weighted by Crippen LogP contribution is -2.28. The molecule has 2 aromatic heterocycles. The van der Waals surface area contributed by atoms with E-state index in [2.05, 4.69) is 313 Å². The summed E-state index contributed by atoms with van der Waals surface area (Å²) in [5.74, 6) is 0. The number of anilines is 3. The summed E-state index contributed by atoms with van der Waals surface area (Å²) in [6.07, 6.45) is 0. The van der Waals surface area contributed by atoms with E-state index in [0.717, 1.165) is 28.3 Å². The molecule has 0 radical (unpaired) electrons. The molecule has 79 heavy (non-hydrogen) atoms. The molecule has 0 saturated carbocycles. The molecule has 372 valence electrons. The summed E-state index contributed by atoms with van der Waals surface area (Å²) < 4.78 is 4.88. The van der Waals surface area contributed by atoms with Crippen molar-refractivity contribution < 1.29 is 0 Å². The second-order valence-electron chi connectivity index (χ2n) is 22.0. The Morgan fingerprint density at radius 1 is 0.304 bits per heavy atom. The fourth-order valence-corrected chi connectivity index (χ4v) is 14.1. The molecule has 2 aliphatic carbocycles. The van der Waals surface area contributed by atoms with Crippen LogP contribution >= 0.6 is 0 Å².